The number of anilines is 1. The fraction of sp³-hybridized carbons (Fsp3) is 0.333. The molecule has 2 aromatic heterocycles. The lowest BCUT2D eigenvalue weighted by molar-refractivity contribution is -0.118. The molecular formula is C21H28N6O2. The first-order valence-electron chi connectivity index (χ1n) is 9.70. The Morgan fingerprint density at radius 1 is 1.14 bits per heavy atom. The number of aryl methyl sites for hydroxylation is 1. The van der Waals surface area contributed by atoms with Crippen LogP contribution in [0.5, 0.6) is 0 Å². The van der Waals surface area contributed by atoms with E-state index in [1.165, 1.54) is 0 Å². The van der Waals surface area contributed by atoms with Crippen LogP contribution in [0.3, 0.4) is 0 Å². The third-order valence-corrected chi connectivity index (χ3v) is 4.25. The summed E-state index contributed by atoms with van der Waals surface area (Å²) < 4.78 is 3.56. The normalized spacial score (nSPS) is 12.7. The predicted molar refractivity (Wildman–Crippen MR) is 113 cm³/mol. The van der Waals surface area contributed by atoms with Gasteiger partial charge in [0.1, 0.15) is 11.5 Å². The van der Waals surface area contributed by atoms with Gasteiger partial charge in [0.2, 0.25) is 5.91 Å². The molecule has 0 radical (unpaired) electrons. The summed E-state index contributed by atoms with van der Waals surface area (Å²) in [5, 5.41) is 8.17. The number of nitrogens with zero attached hydrogens (tertiary/aromatic N) is 5. The number of hydrogen-bond donors (Lipinski definition) is 1. The van der Waals surface area contributed by atoms with Gasteiger partial charge in [0.15, 0.2) is 0 Å². The maximum atomic E-state index is 11.4. The average molecular weight is 396 g/mol. The topological polar surface area (TPSA) is 99.0 Å². The van der Waals surface area contributed by atoms with E-state index in [1.807, 2.05) is 54.9 Å². The SMILES string of the molecule is CC.CN1C(=O)CCCn2nccc21.NC(=O)c1ccn(Cc2ccccc2)n1. The molecule has 0 aliphatic carbocycles. The van der Waals surface area contributed by atoms with Gasteiger partial charge >= 0.3 is 0 Å². The minimum Gasteiger partial charge on any atom is -0.364 e. The van der Waals surface area contributed by atoms with Crippen LogP contribution in [-0.4, -0.2) is 38.4 Å². The van der Waals surface area contributed by atoms with Crippen LogP contribution in [-0.2, 0) is 17.9 Å². The Labute approximate surface area is 170 Å². The molecule has 0 unspecified atom stereocenters. The Kier molecular flexibility index (Phi) is 8.14. The van der Waals surface area contributed by atoms with Crippen LogP contribution in [0.4, 0.5) is 5.82 Å². The number of amides is 2. The molecule has 0 spiro atoms. The van der Waals surface area contributed by atoms with Crippen LogP contribution in [0.1, 0.15) is 42.7 Å². The van der Waals surface area contributed by atoms with Gasteiger partial charge in [0, 0.05) is 32.3 Å². The highest BCUT2D eigenvalue weighted by Gasteiger charge is 2.18. The molecule has 8 nitrogen and oxygen atoms in total. The lowest BCUT2D eigenvalue weighted by Gasteiger charge is -2.13. The van der Waals surface area contributed by atoms with Gasteiger partial charge in [0.25, 0.3) is 5.91 Å². The van der Waals surface area contributed by atoms with E-state index in [4.69, 9.17) is 5.73 Å². The molecule has 4 rings (SSSR count). The summed E-state index contributed by atoms with van der Waals surface area (Å²) in [6, 6.07) is 13.4. The van der Waals surface area contributed by atoms with Crippen LogP contribution in [0, 0.1) is 0 Å². The van der Waals surface area contributed by atoms with E-state index in [9.17, 15) is 9.59 Å². The van der Waals surface area contributed by atoms with Crippen molar-refractivity contribution in [2.45, 2.75) is 39.8 Å². The molecule has 1 aliphatic rings. The minimum atomic E-state index is -0.498. The Morgan fingerprint density at radius 3 is 2.52 bits per heavy atom. The quantitative estimate of drug-likeness (QED) is 0.736. The first-order valence-corrected chi connectivity index (χ1v) is 9.70. The number of carbonyl (C=O) groups is 2. The second kappa shape index (κ2) is 10.8. The summed E-state index contributed by atoms with van der Waals surface area (Å²) in [7, 11) is 1.79. The molecule has 29 heavy (non-hydrogen) atoms. The van der Waals surface area contributed by atoms with Gasteiger partial charge in [0.05, 0.1) is 12.7 Å². The number of aromatic nitrogens is 4. The molecule has 1 aromatic carbocycles. The van der Waals surface area contributed by atoms with Gasteiger partial charge < -0.3 is 10.6 Å². The van der Waals surface area contributed by atoms with Crippen LogP contribution >= 0.6 is 0 Å². The predicted octanol–water partition coefficient (Wildman–Crippen LogP) is 2.70. The van der Waals surface area contributed by atoms with Crippen molar-refractivity contribution >= 4 is 17.6 Å². The Balaban J connectivity index is 0.000000194. The van der Waals surface area contributed by atoms with Crippen molar-refractivity contribution in [1.82, 2.24) is 19.6 Å². The summed E-state index contributed by atoms with van der Waals surface area (Å²) in [4.78, 5) is 23.8. The third-order valence-electron chi connectivity index (χ3n) is 4.25. The molecule has 3 heterocycles. The maximum Gasteiger partial charge on any atom is 0.269 e. The van der Waals surface area contributed by atoms with Crippen molar-refractivity contribution in [3.05, 3.63) is 66.1 Å². The zero-order valence-corrected chi connectivity index (χ0v) is 17.2. The van der Waals surface area contributed by atoms with Crippen molar-refractivity contribution in [1.29, 1.82) is 0 Å². The van der Waals surface area contributed by atoms with Crippen molar-refractivity contribution < 1.29 is 9.59 Å². The van der Waals surface area contributed by atoms with Crippen LogP contribution in [0.25, 0.3) is 0 Å². The molecule has 2 amide bonds. The zero-order chi connectivity index (χ0) is 21.2. The van der Waals surface area contributed by atoms with E-state index >= 15 is 0 Å². The second-order valence-corrected chi connectivity index (χ2v) is 6.22. The zero-order valence-electron chi connectivity index (χ0n) is 17.2. The molecule has 1 aliphatic heterocycles. The summed E-state index contributed by atoms with van der Waals surface area (Å²) in [6.45, 7) is 5.49. The Hall–Kier alpha value is -3.42. The van der Waals surface area contributed by atoms with Crippen LogP contribution in [0.15, 0.2) is 54.9 Å². The van der Waals surface area contributed by atoms with Crippen LogP contribution < -0.4 is 10.6 Å². The number of primary amides is 1. The largest absolute Gasteiger partial charge is 0.364 e. The van der Waals surface area contributed by atoms with E-state index in [-0.39, 0.29) is 5.91 Å². The molecule has 0 saturated carbocycles. The average Bonchev–Trinajstić information content (AvgIpc) is 3.37. The van der Waals surface area contributed by atoms with E-state index in [0.717, 1.165) is 24.3 Å². The number of rotatable bonds is 3. The lowest BCUT2D eigenvalue weighted by atomic mass is 10.2. The summed E-state index contributed by atoms with van der Waals surface area (Å²) in [5.41, 5.74) is 6.54. The fourth-order valence-electron chi connectivity index (χ4n) is 2.81. The van der Waals surface area contributed by atoms with Gasteiger partial charge in [-0.1, -0.05) is 44.2 Å². The third kappa shape index (κ3) is 6.03. The standard InChI is InChI=1S/C11H11N3O.C8H11N3O.C2H6/c12-11(15)10-6-7-14(13-10)8-9-4-2-1-3-5-9;1-10-7-4-5-9-11(7)6-2-3-8(10)12;1-2/h1-7H,8H2,(H2,12,15);4-5H,2-3,6H2,1H3;1-2H3. The lowest BCUT2D eigenvalue weighted by Crippen LogP contribution is -2.25. The molecular weight excluding hydrogens is 368 g/mol. The van der Waals surface area contributed by atoms with E-state index in [1.54, 1.807) is 35.1 Å². The Bertz CT molecular complexity index is 916. The molecule has 0 bridgehead atoms. The van der Waals surface area contributed by atoms with Crippen molar-refractivity contribution in [2.24, 2.45) is 5.73 Å². The van der Waals surface area contributed by atoms with Gasteiger partial charge in [-0.15, -0.1) is 0 Å². The minimum absolute atomic E-state index is 0.175. The number of carbonyl (C=O) groups excluding carboxylic acids is 2. The first kappa shape index (κ1) is 21.9. The van der Waals surface area contributed by atoms with E-state index < -0.39 is 5.91 Å². The van der Waals surface area contributed by atoms with Crippen molar-refractivity contribution in [2.75, 3.05) is 11.9 Å². The van der Waals surface area contributed by atoms with Gasteiger partial charge in [-0.2, -0.15) is 10.2 Å². The monoisotopic (exact) mass is 396 g/mol. The molecule has 0 saturated heterocycles. The molecule has 2 N–H and O–H groups in total. The summed E-state index contributed by atoms with van der Waals surface area (Å²) in [5.74, 6) is 0.577. The van der Waals surface area contributed by atoms with Crippen molar-refractivity contribution in [3.8, 4) is 0 Å². The Morgan fingerprint density at radius 2 is 1.86 bits per heavy atom. The number of benzene rings is 1. The summed E-state index contributed by atoms with van der Waals surface area (Å²) >= 11 is 0. The smallest absolute Gasteiger partial charge is 0.269 e. The summed E-state index contributed by atoms with van der Waals surface area (Å²) in [6.07, 6.45) is 4.98. The van der Waals surface area contributed by atoms with E-state index in [0.29, 0.717) is 18.7 Å². The maximum absolute atomic E-state index is 11.4. The van der Waals surface area contributed by atoms with E-state index in [2.05, 4.69) is 10.2 Å². The van der Waals surface area contributed by atoms with Gasteiger partial charge in [-0.05, 0) is 18.1 Å². The van der Waals surface area contributed by atoms with Gasteiger partial charge in [-0.3, -0.25) is 14.3 Å². The fourth-order valence-corrected chi connectivity index (χ4v) is 2.81. The molecule has 154 valence electrons. The second-order valence-electron chi connectivity index (χ2n) is 6.22. The molecule has 0 fully saturated rings. The molecule has 0 atom stereocenters. The number of fused-ring (bicyclic) bond motifs is 1. The molecule has 8 heteroatoms. The van der Waals surface area contributed by atoms with Crippen LogP contribution in [0.2, 0.25) is 0 Å². The number of hydrogen-bond acceptors (Lipinski definition) is 4. The molecule has 3 aromatic rings. The first-order chi connectivity index (χ1) is 14.0. The van der Waals surface area contributed by atoms with Gasteiger partial charge in [-0.25, -0.2) is 4.68 Å². The highest BCUT2D eigenvalue weighted by Crippen LogP contribution is 2.17. The van der Waals surface area contributed by atoms with Crippen molar-refractivity contribution in [3.63, 3.8) is 0 Å². The highest BCUT2D eigenvalue weighted by atomic mass is 16.2. The number of nitrogens with two attached hydrogens (primary N) is 1. The highest BCUT2D eigenvalue weighted by molar-refractivity contribution is 5.92.